The van der Waals surface area contributed by atoms with E-state index in [2.05, 4.69) is 24.1 Å². The molecule has 0 radical (unpaired) electrons. The van der Waals surface area contributed by atoms with E-state index in [1.54, 1.807) is 18.2 Å². The number of nitrogens with two attached hydrogens (primary N) is 1. The molecule has 5 heteroatoms. The van der Waals surface area contributed by atoms with Crippen LogP contribution >= 0.6 is 0 Å². The van der Waals surface area contributed by atoms with Crippen molar-refractivity contribution < 1.29 is 9.90 Å². The summed E-state index contributed by atoms with van der Waals surface area (Å²) >= 11 is 0. The highest BCUT2D eigenvalue weighted by Crippen LogP contribution is 2.23. The van der Waals surface area contributed by atoms with Gasteiger partial charge in [0.15, 0.2) is 5.75 Å². The van der Waals surface area contributed by atoms with Gasteiger partial charge in [0.05, 0.1) is 11.3 Å². The minimum absolute atomic E-state index is 0.155. The molecule has 0 heterocycles. The summed E-state index contributed by atoms with van der Waals surface area (Å²) in [5, 5.41) is 12.4. The molecule has 0 saturated carbocycles. The van der Waals surface area contributed by atoms with Crippen LogP contribution in [-0.4, -0.2) is 42.1 Å². The second-order valence-electron chi connectivity index (χ2n) is 4.03. The number of anilines is 1. The van der Waals surface area contributed by atoms with Crippen LogP contribution in [-0.2, 0) is 0 Å². The first-order valence-electron chi connectivity index (χ1n) is 6.18. The van der Waals surface area contributed by atoms with E-state index >= 15 is 0 Å². The lowest BCUT2D eigenvalue weighted by atomic mass is 10.1. The van der Waals surface area contributed by atoms with Crippen LogP contribution in [0.3, 0.4) is 0 Å². The van der Waals surface area contributed by atoms with E-state index in [0.29, 0.717) is 6.54 Å². The number of nitrogens with one attached hydrogen (secondary N) is 1. The van der Waals surface area contributed by atoms with Crippen LogP contribution in [0.1, 0.15) is 24.2 Å². The molecule has 1 amide bonds. The van der Waals surface area contributed by atoms with E-state index < -0.39 is 0 Å². The predicted octanol–water partition coefficient (Wildman–Crippen LogP) is 1.05. The van der Waals surface area contributed by atoms with E-state index in [4.69, 9.17) is 5.73 Å². The number of amides is 1. The number of aromatic hydroxyl groups is 1. The van der Waals surface area contributed by atoms with Crippen molar-refractivity contribution in [2.45, 2.75) is 13.8 Å². The summed E-state index contributed by atoms with van der Waals surface area (Å²) in [5.41, 5.74) is 5.97. The molecule has 0 aliphatic rings. The largest absolute Gasteiger partial charge is 0.505 e. The molecule has 0 aliphatic heterocycles. The van der Waals surface area contributed by atoms with Crippen molar-refractivity contribution in [3.63, 3.8) is 0 Å². The number of hydrogen-bond acceptors (Lipinski definition) is 4. The number of hydrogen-bond donors (Lipinski definition) is 3. The molecule has 0 spiro atoms. The number of benzene rings is 1. The molecule has 0 bridgehead atoms. The van der Waals surface area contributed by atoms with Gasteiger partial charge in [-0.15, -0.1) is 0 Å². The minimum Gasteiger partial charge on any atom is -0.505 e. The number of likely N-dealkylation sites (N-methyl/N-ethyl adjacent to an activating group) is 1. The van der Waals surface area contributed by atoms with Crippen LogP contribution in [0, 0.1) is 0 Å². The Hall–Kier alpha value is -1.75. The molecule has 0 aliphatic carbocycles. The standard InChI is InChI=1S/C13H21N3O2/c1-3-16(4-2)9-8-15-13(18)10-6-5-7-11(14)12(10)17/h5-7,17H,3-4,8-9,14H2,1-2H3,(H,15,18). The predicted molar refractivity (Wildman–Crippen MR) is 72.6 cm³/mol. The molecule has 5 nitrogen and oxygen atoms in total. The summed E-state index contributed by atoms with van der Waals surface area (Å²) in [5.74, 6) is -0.454. The topological polar surface area (TPSA) is 78.6 Å². The summed E-state index contributed by atoms with van der Waals surface area (Å²) in [6.45, 7) is 7.41. The number of phenolic OH excluding ortho intramolecular Hbond substituents is 1. The Kier molecular flexibility index (Phi) is 5.45. The minimum atomic E-state index is -0.299. The first-order chi connectivity index (χ1) is 8.60. The number of nitrogens with zero attached hydrogens (tertiary/aromatic N) is 1. The van der Waals surface area contributed by atoms with Crippen molar-refractivity contribution in [2.75, 3.05) is 31.9 Å². The van der Waals surface area contributed by atoms with Crippen LogP contribution in [0.15, 0.2) is 18.2 Å². The fourth-order valence-corrected chi connectivity index (χ4v) is 1.71. The molecule has 0 aromatic heterocycles. The van der Waals surface area contributed by atoms with E-state index in [0.717, 1.165) is 19.6 Å². The SMILES string of the molecule is CCN(CC)CCNC(=O)c1cccc(N)c1O. The van der Waals surface area contributed by atoms with Crippen LogP contribution in [0.4, 0.5) is 5.69 Å². The highest BCUT2D eigenvalue weighted by atomic mass is 16.3. The number of phenols is 1. The van der Waals surface area contributed by atoms with Gasteiger partial charge in [-0.1, -0.05) is 19.9 Å². The Morgan fingerprint density at radius 2 is 2.06 bits per heavy atom. The summed E-state index contributed by atoms with van der Waals surface area (Å²) in [4.78, 5) is 14.0. The van der Waals surface area contributed by atoms with Crippen molar-refractivity contribution in [2.24, 2.45) is 0 Å². The van der Waals surface area contributed by atoms with E-state index in [1.165, 1.54) is 0 Å². The lowest BCUT2D eigenvalue weighted by molar-refractivity contribution is 0.0946. The maximum absolute atomic E-state index is 11.8. The maximum Gasteiger partial charge on any atom is 0.255 e. The Balaban J connectivity index is 2.53. The normalized spacial score (nSPS) is 10.6. The molecule has 100 valence electrons. The number of para-hydroxylation sites is 1. The fourth-order valence-electron chi connectivity index (χ4n) is 1.71. The zero-order valence-electron chi connectivity index (χ0n) is 10.9. The number of carbonyl (C=O) groups excluding carboxylic acids is 1. The Labute approximate surface area is 108 Å². The van der Waals surface area contributed by atoms with Gasteiger partial charge >= 0.3 is 0 Å². The molecule has 0 unspecified atom stereocenters. The van der Waals surface area contributed by atoms with Gasteiger partial charge in [0.1, 0.15) is 0 Å². The lowest BCUT2D eigenvalue weighted by Crippen LogP contribution is -2.34. The molecule has 0 saturated heterocycles. The average Bonchev–Trinajstić information content (AvgIpc) is 2.37. The molecule has 1 aromatic rings. The van der Waals surface area contributed by atoms with E-state index in [-0.39, 0.29) is 22.9 Å². The van der Waals surface area contributed by atoms with Crippen LogP contribution in [0.2, 0.25) is 0 Å². The molecule has 0 fully saturated rings. The lowest BCUT2D eigenvalue weighted by Gasteiger charge is -2.18. The molecular weight excluding hydrogens is 230 g/mol. The van der Waals surface area contributed by atoms with Gasteiger partial charge in [-0.25, -0.2) is 0 Å². The van der Waals surface area contributed by atoms with Gasteiger partial charge in [0, 0.05) is 13.1 Å². The Morgan fingerprint density at radius 1 is 1.39 bits per heavy atom. The smallest absolute Gasteiger partial charge is 0.255 e. The average molecular weight is 251 g/mol. The van der Waals surface area contributed by atoms with Crippen molar-refractivity contribution in [3.05, 3.63) is 23.8 Å². The van der Waals surface area contributed by atoms with Gasteiger partial charge in [-0.2, -0.15) is 0 Å². The summed E-state index contributed by atoms with van der Waals surface area (Å²) in [6, 6.07) is 4.76. The van der Waals surface area contributed by atoms with Crippen molar-refractivity contribution in [1.29, 1.82) is 0 Å². The van der Waals surface area contributed by atoms with Gasteiger partial charge in [0.2, 0.25) is 0 Å². The molecule has 0 atom stereocenters. The summed E-state index contributed by atoms with van der Waals surface area (Å²) in [7, 11) is 0. The van der Waals surface area contributed by atoms with Crippen molar-refractivity contribution >= 4 is 11.6 Å². The highest BCUT2D eigenvalue weighted by molar-refractivity contribution is 5.98. The second kappa shape index (κ2) is 6.86. The monoisotopic (exact) mass is 251 g/mol. The number of carbonyl (C=O) groups is 1. The van der Waals surface area contributed by atoms with Crippen molar-refractivity contribution in [3.8, 4) is 5.75 Å². The quantitative estimate of drug-likeness (QED) is 0.521. The van der Waals surface area contributed by atoms with E-state index in [9.17, 15) is 9.90 Å². The maximum atomic E-state index is 11.8. The third-order valence-electron chi connectivity index (χ3n) is 2.92. The van der Waals surface area contributed by atoms with Gasteiger partial charge in [-0.3, -0.25) is 4.79 Å². The molecular formula is C13H21N3O2. The fraction of sp³-hybridized carbons (Fsp3) is 0.462. The summed E-state index contributed by atoms with van der Waals surface area (Å²) in [6.07, 6.45) is 0. The third-order valence-corrected chi connectivity index (χ3v) is 2.92. The van der Waals surface area contributed by atoms with Crippen molar-refractivity contribution in [1.82, 2.24) is 10.2 Å². The van der Waals surface area contributed by atoms with Gasteiger partial charge in [-0.05, 0) is 25.2 Å². The number of rotatable bonds is 6. The first kappa shape index (κ1) is 14.3. The van der Waals surface area contributed by atoms with Crippen LogP contribution in [0.5, 0.6) is 5.75 Å². The number of nitrogen functional groups attached to an aromatic ring is 1. The molecule has 4 N–H and O–H groups in total. The highest BCUT2D eigenvalue weighted by Gasteiger charge is 2.12. The Bertz CT molecular complexity index is 403. The van der Waals surface area contributed by atoms with E-state index in [1.807, 2.05) is 0 Å². The van der Waals surface area contributed by atoms with Crippen LogP contribution in [0.25, 0.3) is 0 Å². The second-order valence-corrected chi connectivity index (χ2v) is 4.03. The zero-order chi connectivity index (χ0) is 13.5. The molecule has 1 rings (SSSR count). The van der Waals surface area contributed by atoms with Crippen LogP contribution < -0.4 is 11.1 Å². The molecule has 18 heavy (non-hydrogen) atoms. The zero-order valence-corrected chi connectivity index (χ0v) is 10.9. The first-order valence-corrected chi connectivity index (χ1v) is 6.18. The third kappa shape index (κ3) is 3.63. The van der Waals surface area contributed by atoms with Gasteiger partial charge in [0.25, 0.3) is 5.91 Å². The molecule has 1 aromatic carbocycles. The summed E-state index contributed by atoms with van der Waals surface area (Å²) < 4.78 is 0. The Morgan fingerprint density at radius 3 is 2.67 bits per heavy atom. The van der Waals surface area contributed by atoms with Gasteiger partial charge < -0.3 is 21.1 Å².